The molecule has 4 rings (SSSR count). The Bertz CT molecular complexity index is 881. The van der Waals surface area contributed by atoms with Gasteiger partial charge in [0.1, 0.15) is 12.2 Å². The fourth-order valence-electron chi connectivity index (χ4n) is 3.99. The first-order valence-electron chi connectivity index (χ1n) is 9.66. The van der Waals surface area contributed by atoms with Crippen molar-refractivity contribution in [2.75, 3.05) is 20.3 Å². The van der Waals surface area contributed by atoms with Gasteiger partial charge < -0.3 is 18.9 Å². The number of rotatable bonds is 6. The van der Waals surface area contributed by atoms with Crippen molar-refractivity contribution >= 4 is 10.8 Å². The molecule has 0 aliphatic carbocycles. The molecule has 0 saturated carbocycles. The van der Waals surface area contributed by atoms with Crippen LogP contribution in [-0.4, -0.2) is 53.1 Å². The van der Waals surface area contributed by atoms with E-state index in [1.165, 1.54) is 7.11 Å². The zero-order valence-electron chi connectivity index (χ0n) is 16.4. The van der Waals surface area contributed by atoms with E-state index >= 15 is 0 Å². The number of hydrogen-bond acceptors (Lipinski definition) is 7. The van der Waals surface area contributed by atoms with E-state index < -0.39 is 58.2 Å². The lowest BCUT2D eigenvalue weighted by molar-refractivity contribution is -0.498. The number of methoxy groups -OCH3 is 1. The summed E-state index contributed by atoms with van der Waals surface area (Å²) in [5.41, 5.74) is 0.819. The summed E-state index contributed by atoms with van der Waals surface area (Å²) in [7, 11) is -0.145. The number of nitrogens with zero attached hydrogens (tertiary/aromatic N) is 1. The van der Waals surface area contributed by atoms with Gasteiger partial charge >= 0.3 is 0 Å². The molecule has 2 aromatic carbocycles. The summed E-state index contributed by atoms with van der Waals surface area (Å²) in [6, 6.07) is 18.3. The van der Waals surface area contributed by atoms with Crippen LogP contribution in [-0.2, 0) is 29.7 Å². The zero-order chi connectivity index (χ0) is 21.1. The van der Waals surface area contributed by atoms with Gasteiger partial charge in [0.15, 0.2) is 12.6 Å². The highest BCUT2D eigenvalue weighted by Gasteiger charge is 2.54. The first kappa shape index (κ1) is 21.1. The SMILES string of the molecule is CO[C@@H]1O[C@@H]2CO[C@@H](c3ccccc3)O[C@H]2[C@H]([S@](=O)c2ccccc2)[C@H]1C[N+](=O)[O-]. The first-order valence-corrected chi connectivity index (χ1v) is 10.9. The van der Waals surface area contributed by atoms with Crippen LogP contribution in [0.3, 0.4) is 0 Å². The highest BCUT2D eigenvalue weighted by molar-refractivity contribution is 7.85. The zero-order valence-corrected chi connectivity index (χ0v) is 17.2. The largest absolute Gasteiger partial charge is 0.355 e. The molecule has 0 bridgehead atoms. The van der Waals surface area contributed by atoms with Crippen molar-refractivity contribution < 1.29 is 28.1 Å². The van der Waals surface area contributed by atoms with Crippen molar-refractivity contribution in [3.63, 3.8) is 0 Å². The van der Waals surface area contributed by atoms with E-state index in [2.05, 4.69) is 0 Å². The van der Waals surface area contributed by atoms with Crippen LogP contribution in [0.5, 0.6) is 0 Å². The predicted octanol–water partition coefficient (Wildman–Crippen LogP) is 2.54. The topological polar surface area (TPSA) is 97.1 Å². The molecule has 0 unspecified atom stereocenters. The molecule has 7 atom stereocenters. The van der Waals surface area contributed by atoms with Gasteiger partial charge in [0.25, 0.3) is 0 Å². The molecule has 30 heavy (non-hydrogen) atoms. The molecule has 0 amide bonds. The summed E-state index contributed by atoms with van der Waals surface area (Å²) in [5, 5.41) is 10.7. The molecule has 9 heteroatoms. The minimum absolute atomic E-state index is 0.206. The van der Waals surface area contributed by atoms with E-state index in [-0.39, 0.29) is 6.61 Å². The van der Waals surface area contributed by atoms with E-state index in [1.807, 2.05) is 36.4 Å². The third-order valence-corrected chi connectivity index (χ3v) is 7.20. The molecule has 2 aromatic rings. The average molecular weight is 433 g/mol. The van der Waals surface area contributed by atoms with Crippen molar-refractivity contribution in [1.82, 2.24) is 0 Å². The maximum absolute atomic E-state index is 13.6. The fourth-order valence-corrected chi connectivity index (χ4v) is 5.75. The lowest BCUT2D eigenvalue weighted by Crippen LogP contribution is -2.62. The lowest BCUT2D eigenvalue weighted by Gasteiger charge is -2.47. The van der Waals surface area contributed by atoms with Crippen LogP contribution in [0.15, 0.2) is 65.6 Å². The molecule has 2 heterocycles. The molecule has 2 aliphatic rings. The number of ether oxygens (including phenoxy) is 4. The number of benzene rings is 2. The van der Waals surface area contributed by atoms with Crippen molar-refractivity contribution in [3.8, 4) is 0 Å². The molecule has 0 radical (unpaired) electrons. The third-order valence-electron chi connectivity index (χ3n) is 5.35. The van der Waals surface area contributed by atoms with Crippen LogP contribution >= 0.6 is 0 Å². The minimum Gasteiger partial charge on any atom is -0.355 e. The molecule has 0 N–H and O–H groups in total. The van der Waals surface area contributed by atoms with Gasteiger partial charge in [-0.25, -0.2) is 0 Å². The maximum Gasteiger partial charge on any atom is 0.212 e. The summed E-state index contributed by atoms with van der Waals surface area (Å²) < 4.78 is 37.0. The molecule has 0 aromatic heterocycles. The van der Waals surface area contributed by atoms with E-state index in [0.717, 1.165) is 5.56 Å². The van der Waals surface area contributed by atoms with Crippen LogP contribution in [0.2, 0.25) is 0 Å². The van der Waals surface area contributed by atoms with E-state index in [1.54, 1.807) is 24.3 Å². The summed E-state index contributed by atoms with van der Waals surface area (Å²) in [4.78, 5) is 11.6. The van der Waals surface area contributed by atoms with Gasteiger partial charge in [0, 0.05) is 22.5 Å². The van der Waals surface area contributed by atoms with Gasteiger partial charge in [0.2, 0.25) is 6.54 Å². The number of hydrogen-bond donors (Lipinski definition) is 0. The van der Waals surface area contributed by atoms with Crippen LogP contribution in [0, 0.1) is 16.0 Å². The second kappa shape index (κ2) is 9.32. The Kier molecular flexibility index (Phi) is 6.55. The van der Waals surface area contributed by atoms with Gasteiger partial charge in [-0.1, -0.05) is 48.5 Å². The molecule has 2 saturated heterocycles. The monoisotopic (exact) mass is 433 g/mol. The molecule has 2 fully saturated rings. The van der Waals surface area contributed by atoms with Crippen LogP contribution in [0.4, 0.5) is 0 Å². The quantitative estimate of drug-likeness (QED) is 0.510. The van der Waals surface area contributed by atoms with Gasteiger partial charge in [-0.05, 0) is 12.1 Å². The van der Waals surface area contributed by atoms with Gasteiger partial charge in [0.05, 0.1) is 28.6 Å². The van der Waals surface area contributed by atoms with E-state index in [9.17, 15) is 14.3 Å². The fraction of sp³-hybridized carbons (Fsp3) is 0.429. The molecule has 8 nitrogen and oxygen atoms in total. The van der Waals surface area contributed by atoms with Crippen LogP contribution in [0.1, 0.15) is 11.9 Å². The Morgan fingerprint density at radius 2 is 1.77 bits per heavy atom. The number of nitro groups is 1. The smallest absolute Gasteiger partial charge is 0.212 e. The Labute approximate surface area is 176 Å². The molecule has 0 spiro atoms. The standard InChI is InChI=1S/C21H23NO7S/c1-26-21-16(12-22(23)24)19(30(25)15-10-6-3-7-11-15)18-17(28-21)13-27-20(29-18)14-8-4-2-5-9-14/h2-11,16-21H,12-13H2,1H3/t16-,17-,18-,19-,20-,21-,30-/m1/s1. The van der Waals surface area contributed by atoms with Gasteiger partial charge in [-0.15, -0.1) is 0 Å². The van der Waals surface area contributed by atoms with E-state index in [0.29, 0.717) is 4.90 Å². The highest BCUT2D eigenvalue weighted by atomic mass is 32.2. The third kappa shape index (κ3) is 4.30. The van der Waals surface area contributed by atoms with Gasteiger partial charge in [-0.2, -0.15) is 0 Å². The average Bonchev–Trinajstić information content (AvgIpc) is 2.78. The van der Waals surface area contributed by atoms with Crippen molar-refractivity contribution in [2.24, 2.45) is 5.92 Å². The second-order valence-electron chi connectivity index (χ2n) is 7.21. The Balaban J connectivity index is 1.70. The molecule has 2 aliphatic heterocycles. The molecule has 160 valence electrons. The second-order valence-corrected chi connectivity index (χ2v) is 8.82. The minimum atomic E-state index is -1.57. The summed E-state index contributed by atoms with van der Waals surface area (Å²) in [6.07, 6.45) is -2.74. The first-order chi connectivity index (χ1) is 14.6. The van der Waals surface area contributed by atoms with Crippen molar-refractivity contribution in [2.45, 2.75) is 34.9 Å². The van der Waals surface area contributed by atoms with Crippen LogP contribution < -0.4 is 0 Å². The van der Waals surface area contributed by atoms with Crippen LogP contribution in [0.25, 0.3) is 0 Å². The summed E-state index contributed by atoms with van der Waals surface area (Å²) in [6.45, 7) is -0.233. The molecular weight excluding hydrogens is 410 g/mol. The summed E-state index contributed by atoms with van der Waals surface area (Å²) in [5.74, 6) is -0.748. The molecular formula is C21H23NO7S. The number of fused-ring (bicyclic) bond motifs is 1. The van der Waals surface area contributed by atoms with E-state index in [4.69, 9.17) is 18.9 Å². The lowest BCUT2D eigenvalue weighted by atomic mass is 9.92. The Morgan fingerprint density at radius 1 is 1.10 bits per heavy atom. The van der Waals surface area contributed by atoms with Crippen molar-refractivity contribution in [3.05, 3.63) is 76.3 Å². The van der Waals surface area contributed by atoms with Crippen molar-refractivity contribution in [1.29, 1.82) is 0 Å². The Hall–Kier alpha value is -2.17. The Morgan fingerprint density at radius 3 is 2.40 bits per heavy atom. The highest BCUT2D eigenvalue weighted by Crippen LogP contribution is 2.40. The predicted molar refractivity (Wildman–Crippen MR) is 108 cm³/mol. The van der Waals surface area contributed by atoms with Gasteiger partial charge in [-0.3, -0.25) is 14.3 Å². The summed E-state index contributed by atoms with van der Waals surface area (Å²) >= 11 is 0. The maximum atomic E-state index is 13.6. The normalized spacial score (nSPS) is 32.2.